The third kappa shape index (κ3) is 2.64. The Morgan fingerprint density at radius 1 is 1.62 bits per heavy atom. The summed E-state index contributed by atoms with van der Waals surface area (Å²) >= 11 is 7.54. The van der Waals surface area contributed by atoms with Crippen molar-refractivity contribution >= 4 is 40.0 Å². The second-order valence-corrected chi connectivity index (χ2v) is 4.50. The molecule has 0 saturated carbocycles. The third-order valence-electron chi connectivity index (χ3n) is 1.56. The minimum absolute atomic E-state index is 0.0583. The van der Waals surface area contributed by atoms with Gasteiger partial charge in [0.25, 0.3) is 0 Å². The second kappa shape index (κ2) is 4.37. The minimum atomic E-state index is -0.686. The van der Waals surface area contributed by atoms with Gasteiger partial charge >= 0.3 is 0 Å². The quantitative estimate of drug-likeness (QED) is 0.465. The van der Waals surface area contributed by atoms with Gasteiger partial charge in [0.15, 0.2) is 5.78 Å². The number of hydrogen-bond acceptors (Lipinski definition) is 1. The Bertz CT molecular complexity index is 338. The van der Waals surface area contributed by atoms with E-state index in [-0.39, 0.29) is 11.3 Å². The maximum Gasteiger partial charge on any atom is 0.183 e. The van der Waals surface area contributed by atoms with E-state index in [0.29, 0.717) is 0 Å². The van der Waals surface area contributed by atoms with Crippen LogP contribution in [0.4, 0.5) is 4.39 Å². The molecule has 1 aromatic rings. The number of carbonyl (C=O) groups is 1. The average molecular weight is 313 g/mol. The van der Waals surface area contributed by atoms with Crippen molar-refractivity contribution in [3.05, 3.63) is 33.1 Å². The zero-order valence-electron chi connectivity index (χ0n) is 6.85. The van der Waals surface area contributed by atoms with Gasteiger partial charge in [-0.3, -0.25) is 4.79 Å². The molecule has 1 aromatic carbocycles. The van der Waals surface area contributed by atoms with E-state index in [1.165, 1.54) is 19.1 Å². The van der Waals surface area contributed by atoms with Crippen molar-refractivity contribution < 1.29 is 9.18 Å². The van der Waals surface area contributed by atoms with Crippen molar-refractivity contribution in [2.24, 2.45) is 0 Å². The summed E-state index contributed by atoms with van der Waals surface area (Å²) < 4.78 is 13.9. The standard InChI is InChI=1S/C9H7ClFIO/c1-5(10)9(13)7-3-2-6(12)4-8(7)11/h2-5H,1H3. The van der Waals surface area contributed by atoms with E-state index in [9.17, 15) is 9.18 Å². The summed E-state index contributed by atoms with van der Waals surface area (Å²) in [6.45, 7) is 1.53. The number of rotatable bonds is 2. The molecule has 0 saturated heterocycles. The molecule has 0 bridgehead atoms. The molecule has 0 heterocycles. The molecule has 1 rings (SSSR count). The van der Waals surface area contributed by atoms with Gasteiger partial charge in [0, 0.05) is 3.57 Å². The summed E-state index contributed by atoms with van der Waals surface area (Å²) in [5.41, 5.74) is 0.0583. The van der Waals surface area contributed by atoms with E-state index in [0.717, 1.165) is 3.57 Å². The number of hydrogen-bond donors (Lipinski definition) is 0. The summed E-state index contributed by atoms with van der Waals surface area (Å²) in [4.78, 5) is 11.3. The van der Waals surface area contributed by atoms with Crippen LogP contribution in [-0.4, -0.2) is 11.2 Å². The smallest absolute Gasteiger partial charge is 0.183 e. The molecule has 0 aliphatic heterocycles. The zero-order valence-corrected chi connectivity index (χ0v) is 9.76. The third-order valence-corrected chi connectivity index (χ3v) is 2.43. The summed E-state index contributed by atoms with van der Waals surface area (Å²) in [5.74, 6) is -0.889. The topological polar surface area (TPSA) is 17.1 Å². The Morgan fingerprint density at radius 2 is 2.23 bits per heavy atom. The van der Waals surface area contributed by atoms with Crippen LogP contribution in [0.5, 0.6) is 0 Å². The number of alkyl halides is 1. The molecule has 13 heavy (non-hydrogen) atoms. The van der Waals surface area contributed by atoms with Gasteiger partial charge in [-0.05, 0) is 47.7 Å². The highest BCUT2D eigenvalue weighted by atomic mass is 127. The van der Waals surface area contributed by atoms with Gasteiger partial charge < -0.3 is 0 Å². The van der Waals surface area contributed by atoms with Crippen LogP contribution in [0.3, 0.4) is 0 Å². The van der Waals surface area contributed by atoms with Gasteiger partial charge in [0.1, 0.15) is 5.82 Å². The highest BCUT2D eigenvalue weighted by Crippen LogP contribution is 2.15. The maximum atomic E-state index is 13.2. The first-order valence-corrected chi connectivity index (χ1v) is 5.17. The van der Waals surface area contributed by atoms with Gasteiger partial charge in [-0.15, -0.1) is 11.6 Å². The highest BCUT2D eigenvalue weighted by molar-refractivity contribution is 14.1. The Balaban J connectivity index is 3.09. The van der Waals surface area contributed by atoms with Crippen LogP contribution < -0.4 is 0 Å². The van der Waals surface area contributed by atoms with Crippen molar-refractivity contribution in [2.75, 3.05) is 0 Å². The normalized spacial score (nSPS) is 12.6. The van der Waals surface area contributed by atoms with Crippen LogP contribution in [0.15, 0.2) is 18.2 Å². The number of benzene rings is 1. The average Bonchev–Trinajstić information content (AvgIpc) is 2.03. The number of halogens is 3. The fourth-order valence-electron chi connectivity index (χ4n) is 0.904. The van der Waals surface area contributed by atoms with Gasteiger partial charge in [0.05, 0.1) is 10.9 Å². The summed E-state index contributed by atoms with van der Waals surface area (Å²) in [7, 11) is 0. The van der Waals surface area contributed by atoms with Crippen LogP contribution in [-0.2, 0) is 0 Å². The maximum absolute atomic E-state index is 13.2. The molecule has 0 fully saturated rings. The SMILES string of the molecule is CC(Cl)C(=O)c1ccc(I)cc1F. The van der Waals surface area contributed by atoms with Gasteiger partial charge in [0.2, 0.25) is 0 Å². The van der Waals surface area contributed by atoms with Crippen molar-refractivity contribution in [2.45, 2.75) is 12.3 Å². The van der Waals surface area contributed by atoms with E-state index >= 15 is 0 Å². The number of carbonyl (C=O) groups excluding carboxylic acids is 1. The predicted molar refractivity (Wildman–Crippen MR) is 58.8 cm³/mol. The molecular formula is C9H7ClFIO. The molecular weight excluding hydrogens is 305 g/mol. The van der Waals surface area contributed by atoms with Crippen LogP contribution in [0.25, 0.3) is 0 Å². The number of ketones is 1. The van der Waals surface area contributed by atoms with Crippen molar-refractivity contribution in [3.8, 4) is 0 Å². The molecule has 0 aliphatic carbocycles. The fourth-order valence-corrected chi connectivity index (χ4v) is 1.47. The predicted octanol–water partition coefficient (Wildman–Crippen LogP) is 3.24. The van der Waals surface area contributed by atoms with Gasteiger partial charge in [-0.1, -0.05) is 0 Å². The lowest BCUT2D eigenvalue weighted by Crippen LogP contribution is -2.12. The Morgan fingerprint density at radius 3 is 2.69 bits per heavy atom. The van der Waals surface area contributed by atoms with Crippen molar-refractivity contribution in [3.63, 3.8) is 0 Å². The van der Waals surface area contributed by atoms with Crippen molar-refractivity contribution in [1.29, 1.82) is 0 Å². The van der Waals surface area contributed by atoms with E-state index in [1.54, 1.807) is 6.07 Å². The largest absolute Gasteiger partial charge is 0.292 e. The lowest BCUT2D eigenvalue weighted by atomic mass is 10.1. The molecule has 0 aromatic heterocycles. The highest BCUT2D eigenvalue weighted by Gasteiger charge is 2.16. The summed E-state index contributed by atoms with van der Waals surface area (Å²) in [5, 5.41) is -0.686. The molecule has 0 amide bonds. The first kappa shape index (κ1) is 10.9. The molecule has 4 heteroatoms. The van der Waals surface area contributed by atoms with Crippen LogP contribution in [0.2, 0.25) is 0 Å². The van der Waals surface area contributed by atoms with Crippen LogP contribution in [0, 0.1) is 9.39 Å². The Kier molecular flexibility index (Phi) is 3.67. The molecule has 0 radical (unpaired) electrons. The lowest BCUT2D eigenvalue weighted by Gasteiger charge is -2.03. The second-order valence-electron chi connectivity index (χ2n) is 2.60. The molecule has 0 spiro atoms. The van der Waals surface area contributed by atoms with E-state index in [1.807, 2.05) is 22.6 Å². The van der Waals surface area contributed by atoms with Crippen LogP contribution >= 0.6 is 34.2 Å². The molecule has 70 valence electrons. The summed E-state index contributed by atoms with van der Waals surface area (Å²) in [6.07, 6.45) is 0. The van der Waals surface area contributed by atoms with E-state index in [4.69, 9.17) is 11.6 Å². The Labute approximate surface area is 94.4 Å². The summed E-state index contributed by atoms with van der Waals surface area (Å²) in [6, 6.07) is 4.45. The molecule has 1 atom stereocenters. The Hall–Kier alpha value is -0.160. The van der Waals surface area contributed by atoms with Gasteiger partial charge in [-0.2, -0.15) is 0 Å². The zero-order chi connectivity index (χ0) is 10.0. The van der Waals surface area contributed by atoms with Gasteiger partial charge in [-0.25, -0.2) is 4.39 Å². The lowest BCUT2D eigenvalue weighted by molar-refractivity contribution is 0.0988. The first-order valence-electron chi connectivity index (χ1n) is 3.65. The van der Waals surface area contributed by atoms with Crippen LogP contribution in [0.1, 0.15) is 17.3 Å². The molecule has 0 N–H and O–H groups in total. The number of Topliss-reactive ketones (excluding diaryl/α,β-unsaturated/α-hetero) is 1. The minimum Gasteiger partial charge on any atom is -0.292 e. The monoisotopic (exact) mass is 312 g/mol. The molecule has 1 unspecified atom stereocenters. The van der Waals surface area contributed by atoms with E-state index < -0.39 is 11.2 Å². The first-order chi connectivity index (χ1) is 6.02. The van der Waals surface area contributed by atoms with E-state index in [2.05, 4.69) is 0 Å². The molecule has 0 aliphatic rings. The van der Waals surface area contributed by atoms with Crippen molar-refractivity contribution in [1.82, 2.24) is 0 Å². The fraction of sp³-hybridized carbons (Fsp3) is 0.222. The molecule has 1 nitrogen and oxygen atoms in total.